The molecule has 0 amide bonds. The molecular weight excluding hydrogens is 527 g/mol. The lowest BCUT2D eigenvalue weighted by atomic mass is 9.93. The molecule has 0 bridgehead atoms. The quantitative estimate of drug-likeness (QED) is 0.181. The van der Waals surface area contributed by atoms with E-state index in [1.807, 2.05) is 48.7 Å². The molecular formula is C32H29FN2O2S2. The number of pyridine rings is 1. The first-order chi connectivity index (χ1) is 18.8. The molecule has 0 fully saturated rings. The lowest BCUT2D eigenvalue weighted by molar-refractivity contribution is 0.589. The van der Waals surface area contributed by atoms with Crippen molar-refractivity contribution in [3.8, 4) is 11.1 Å². The van der Waals surface area contributed by atoms with Crippen molar-refractivity contribution < 1.29 is 12.8 Å². The molecule has 0 aliphatic rings. The molecule has 0 N–H and O–H groups in total. The number of anilines is 1. The first-order valence-electron chi connectivity index (χ1n) is 12.7. The molecule has 0 aliphatic heterocycles. The van der Waals surface area contributed by atoms with Gasteiger partial charge in [0.1, 0.15) is 5.82 Å². The third-order valence-electron chi connectivity index (χ3n) is 6.72. The zero-order chi connectivity index (χ0) is 27.6. The van der Waals surface area contributed by atoms with E-state index < -0.39 is 15.8 Å². The van der Waals surface area contributed by atoms with Crippen molar-refractivity contribution in [1.29, 1.82) is 0 Å². The monoisotopic (exact) mass is 556 g/mol. The molecule has 0 radical (unpaired) electrons. The highest BCUT2D eigenvalue weighted by Crippen LogP contribution is 2.33. The van der Waals surface area contributed by atoms with Gasteiger partial charge < -0.3 is 0 Å². The average molecular weight is 557 g/mol. The predicted molar refractivity (Wildman–Crippen MR) is 159 cm³/mol. The van der Waals surface area contributed by atoms with Crippen LogP contribution in [0.3, 0.4) is 0 Å². The third-order valence-corrected chi connectivity index (χ3v) is 9.25. The summed E-state index contributed by atoms with van der Waals surface area (Å²) in [5.41, 5.74) is 5.46. The van der Waals surface area contributed by atoms with Gasteiger partial charge in [-0.05, 0) is 102 Å². The second kappa shape index (κ2) is 11.2. The number of hydrogen-bond acceptors (Lipinski definition) is 4. The number of nitrogens with zero attached hydrogens (tertiary/aromatic N) is 2. The highest BCUT2D eigenvalue weighted by molar-refractivity contribution is 7.98. The number of hydrogen-bond donors (Lipinski definition) is 0. The number of halogens is 1. The Kier molecular flexibility index (Phi) is 7.73. The van der Waals surface area contributed by atoms with E-state index in [2.05, 4.69) is 37.0 Å². The van der Waals surface area contributed by atoms with E-state index in [1.54, 1.807) is 30.1 Å². The maximum absolute atomic E-state index is 13.8. The number of thioether (sulfide) groups is 1. The summed E-state index contributed by atoms with van der Waals surface area (Å²) in [6, 6.07) is 28.6. The van der Waals surface area contributed by atoms with E-state index in [4.69, 9.17) is 0 Å². The van der Waals surface area contributed by atoms with Crippen molar-refractivity contribution in [2.45, 2.75) is 36.1 Å². The molecule has 5 aromatic rings. The molecule has 0 atom stereocenters. The van der Waals surface area contributed by atoms with Gasteiger partial charge in [-0.25, -0.2) is 12.8 Å². The summed E-state index contributed by atoms with van der Waals surface area (Å²) in [4.78, 5) is 5.73. The van der Waals surface area contributed by atoms with Gasteiger partial charge in [0, 0.05) is 22.0 Å². The Morgan fingerprint density at radius 2 is 1.64 bits per heavy atom. The van der Waals surface area contributed by atoms with Gasteiger partial charge in [0.05, 0.1) is 22.6 Å². The van der Waals surface area contributed by atoms with Gasteiger partial charge in [-0.3, -0.25) is 9.29 Å². The maximum Gasteiger partial charge on any atom is 0.264 e. The Labute approximate surface area is 233 Å². The van der Waals surface area contributed by atoms with Gasteiger partial charge in [0.2, 0.25) is 0 Å². The van der Waals surface area contributed by atoms with Crippen LogP contribution in [0.4, 0.5) is 10.1 Å². The topological polar surface area (TPSA) is 50.3 Å². The number of sulfonamides is 1. The Balaban J connectivity index is 1.60. The van der Waals surface area contributed by atoms with Gasteiger partial charge in [-0.1, -0.05) is 38.1 Å². The minimum Gasteiger partial charge on any atom is -0.262 e. The molecule has 0 saturated carbocycles. The number of aromatic nitrogens is 1. The minimum atomic E-state index is -3.97. The highest BCUT2D eigenvalue weighted by Gasteiger charge is 2.26. The first-order valence-corrected chi connectivity index (χ1v) is 15.3. The summed E-state index contributed by atoms with van der Waals surface area (Å²) in [7, 11) is -3.97. The SMILES string of the molecule is CSc1ccc(N(Cc2cccc(-c3cc(C(C)C)cc4cccnc34)c2)S(=O)(=O)c2ccc(F)cc2)cc1. The number of benzene rings is 4. The van der Waals surface area contributed by atoms with Crippen molar-refractivity contribution in [2.24, 2.45) is 0 Å². The van der Waals surface area contributed by atoms with Crippen LogP contribution in [0.2, 0.25) is 0 Å². The van der Waals surface area contributed by atoms with E-state index in [9.17, 15) is 12.8 Å². The van der Waals surface area contributed by atoms with E-state index in [0.717, 1.165) is 32.5 Å². The van der Waals surface area contributed by atoms with Gasteiger partial charge in [0.25, 0.3) is 10.0 Å². The van der Waals surface area contributed by atoms with E-state index in [1.165, 1.54) is 34.1 Å². The van der Waals surface area contributed by atoms with Crippen molar-refractivity contribution in [1.82, 2.24) is 4.98 Å². The highest BCUT2D eigenvalue weighted by atomic mass is 32.2. The molecule has 0 saturated heterocycles. The molecule has 0 aliphatic carbocycles. The lowest BCUT2D eigenvalue weighted by Crippen LogP contribution is -2.30. The van der Waals surface area contributed by atoms with Crippen molar-refractivity contribution in [3.63, 3.8) is 0 Å². The predicted octanol–water partition coefficient (Wildman–Crippen LogP) is 8.28. The van der Waals surface area contributed by atoms with Crippen LogP contribution in [0.1, 0.15) is 30.9 Å². The Bertz CT molecular complexity index is 1720. The maximum atomic E-state index is 13.8. The van der Waals surface area contributed by atoms with Crippen LogP contribution in [0, 0.1) is 5.82 Å². The summed E-state index contributed by atoms with van der Waals surface area (Å²) in [6.07, 6.45) is 3.76. The second-order valence-corrected chi connectivity index (χ2v) is 12.4. The molecule has 39 heavy (non-hydrogen) atoms. The number of rotatable bonds is 8. The van der Waals surface area contributed by atoms with Crippen LogP contribution in [0.15, 0.2) is 113 Å². The fraction of sp³-hybridized carbons (Fsp3) is 0.156. The van der Waals surface area contributed by atoms with Crippen LogP contribution in [-0.2, 0) is 16.6 Å². The van der Waals surface area contributed by atoms with E-state index in [-0.39, 0.29) is 11.4 Å². The largest absolute Gasteiger partial charge is 0.264 e. The lowest BCUT2D eigenvalue weighted by Gasteiger charge is -2.25. The van der Waals surface area contributed by atoms with Crippen LogP contribution in [-0.4, -0.2) is 19.7 Å². The van der Waals surface area contributed by atoms with Gasteiger partial charge >= 0.3 is 0 Å². The fourth-order valence-corrected chi connectivity index (χ4v) is 6.43. The summed E-state index contributed by atoms with van der Waals surface area (Å²) in [6.45, 7) is 4.44. The Morgan fingerprint density at radius 1 is 0.897 bits per heavy atom. The molecule has 1 heterocycles. The molecule has 7 heteroatoms. The zero-order valence-electron chi connectivity index (χ0n) is 22.0. The van der Waals surface area contributed by atoms with Gasteiger partial charge in [-0.2, -0.15) is 0 Å². The van der Waals surface area contributed by atoms with Crippen molar-refractivity contribution in [2.75, 3.05) is 10.6 Å². The molecule has 198 valence electrons. The normalized spacial score (nSPS) is 11.7. The smallest absolute Gasteiger partial charge is 0.262 e. The average Bonchev–Trinajstić information content (AvgIpc) is 2.95. The third kappa shape index (κ3) is 5.70. The van der Waals surface area contributed by atoms with Crippen LogP contribution in [0.5, 0.6) is 0 Å². The number of fused-ring (bicyclic) bond motifs is 1. The molecule has 4 aromatic carbocycles. The van der Waals surface area contributed by atoms with Gasteiger partial charge in [-0.15, -0.1) is 11.8 Å². The molecule has 0 unspecified atom stereocenters. The molecule has 5 rings (SSSR count). The minimum absolute atomic E-state index is 0.0360. The molecule has 4 nitrogen and oxygen atoms in total. The van der Waals surface area contributed by atoms with Crippen molar-refractivity contribution in [3.05, 3.63) is 120 Å². The van der Waals surface area contributed by atoms with E-state index >= 15 is 0 Å². The fourth-order valence-electron chi connectivity index (χ4n) is 4.57. The summed E-state index contributed by atoms with van der Waals surface area (Å²) in [5.74, 6) is -0.140. The van der Waals surface area contributed by atoms with Crippen LogP contribution in [0.25, 0.3) is 22.0 Å². The Hall–Kier alpha value is -3.68. The summed E-state index contributed by atoms with van der Waals surface area (Å²) >= 11 is 1.59. The van der Waals surface area contributed by atoms with Crippen LogP contribution < -0.4 is 4.31 Å². The second-order valence-electron chi connectivity index (χ2n) is 9.66. The molecule has 0 spiro atoms. The van der Waals surface area contributed by atoms with Crippen LogP contribution >= 0.6 is 11.8 Å². The first kappa shape index (κ1) is 26.9. The standard InChI is InChI=1S/C32H29FN2O2S2/c1-22(2)26-19-25-8-5-17-34-32(25)31(20-26)24-7-4-6-23(18-24)21-35(28-11-13-29(38-3)14-12-28)39(36,37)30-15-9-27(33)10-16-30/h4-20,22H,21H2,1-3H3. The van der Waals surface area contributed by atoms with Crippen molar-refractivity contribution >= 4 is 38.4 Å². The Morgan fingerprint density at radius 3 is 2.33 bits per heavy atom. The summed E-state index contributed by atoms with van der Waals surface area (Å²) < 4.78 is 42.7. The zero-order valence-corrected chi connectivity index (χ0v) is 23.6. The molecule has 1 aromatic heterocycles. The summed E-state index contributed by atoms with van der Waals surface area (Å²) in [5, 5.41) is 1.07. The van der Waals surface area contributed by atoms with E-state index in [0.29, 0.717) is 11.6 Å². The van der Waals surface area contributed by atoms with Gasteiger partial charge in [0.15, 0.2) is 0 Å².